The predicted octanol–water partition coefficient (Wildman–Crippen LogP) is 4.19. The Kier molecular flexibility index (Phi) is 4.50. The summed E-state index contributed by atoms with van der Waals surface area (Å²) >= 11 is 3.21. The number of ether oxygens (including phenoxy) is 1. The first kappa shape index (κ1) is 14.0. The monoisotopic (exact) mass is 324 g/mol. The lowest BCUT2D eigenvalue weighted by molar-refractivity contribution is 0.473. The van der Waals surface area contributed by atoms with Gasteiger partial charge in [0.15, 0.2) is 0 Å². The highest BCUT2D eigenvalue weighted by atomic mass is 79.9. The van der Waals surface area contributed by atoms with Gasteiger partial charge in [-0.25, -0.2) is 4.39 Å². The van der Waals surface area contributed by atoms with Crippen LogP contribution in [-0.4, -0.2) is 4.98 Å². The van der Waals surface area contributed by atoms with Gasteiger partial charge in [0.25, 0.3) is 0 Å². The van der Waals surface area contributed by atoms with Crippen molar-refractivity contribution in [3.63, 3.8) is 0 Å². The molecule has 100 valence electrons. The molecule has 0 radical (unpaired) electrons. The summed E-state index contributed by atoms with van der Waals surface area (Å²) in [6.45, 7) is 2.00. The van der Waals surface area contributed by atoms with Gasteiger partial charge in [-0.2, -0.15) is 0 Å². The van der Waals surface area contributed by atoms with Crippen LogP contribution in [0.15, 0.2) is 41.0 Å². The van der Waals surface area contributed by atoms with Crippen molar-refractivity contribution < 1.29 is 9.13 Å². The molecule has 19 heavy (non-hydrogen) atoms. The number of rotatable bonds is 4. The summed E-state index contributed by atoms with van der Waals surface area (Å²) in [5, 5.41) is 0. The van der Waals surface area contributed by atoms with Crippen LogP contribution in [0.1, 0.15) is 25.1 Å². The van der Waals surface area contributed by atoms with Gasteiger partial charge in [0.1, 0.15) is 17.3 Å². The molecule has 0 aliphatic carbocycles. The van der Waals surface area contributed by atoms with Crippen LogP contribution in [0.2, 0.25) is 0 Å². The first-order valence-electron chi connectivity index (χ1n) is 5.94. The lowest BCUT2D eigenvalue weighted by Crippen LogP contribution is -2.10. The Bertz CT molecular complexity index is 540. The SMILES string of the molecule is CCC(N)c1ccc(Oc2cc(F)cc(Br)c2)cn1. The average molecular weight is 325 g/mol. The molecule has 0 saturated heterocycles. The van der Waals surface area contributed by atoms with Crippen molar-refractivity contribution in [1.29, 1.82) is 0 Å². The maximum Gasteiger partial charge on any atom is 0.145 e. The quantitative estimate of drug-likeness (QED) is 0.917. The molecular weight excluding hydrogens is 311 g/mol. The van der Waals surface area contributed by atoms with E-state index in [4.69, 9.17) is 10.5 Å². The Labute approximate surface area is 119 Å². The Balaban J connectivity index is 2.15. The van der Waals surface area contributed by atoms with E-state index in [-0.39, 0.29) is 11.9 Å². The minimum absolute atomic E-state index is 0.0719. The van der Waals surface area contributed by atoms with Gasteiger partial charge in [-0.15, -0.1) is 0 Å². The van der Waals surface area contributed by atoms with Gasteiger partial charge in [-0.05, 0) is 30.7 Å². The minimum atomic E-state index is -0.359. The van der Waals surface area contributed by atoms with Crippen LogP contribution >= 0.6 is 15.9 Å². The van der Waals surface area contributed by atoms with Crippen molar-refractivity contribution in [1.82, 2.24) is 4.98 Å². The Morgan fingerprint density at radius 1 is 1.32 bits per heavy atom. The van der Waals surface area contributed by atoms with Crippen LogP contribution in [0, 0.1) is 5.82 Å². The van der Waals surface area contributed by atoms with Crippen LogP contribution in [0.3, 0.4) is 0 Å². The summed E-state index contributed by atoms with van der Waals surface area (Å²) in [6, 6.07) is 7.89. The van der Waals surface area contributed by atoms with E-state index >= 15 is 0 Å². The molecule has 0 aliphatic heterocycles. The molecule has 5 heteroatoms. The van der Waals surface area contributed by atoms with Crippen LogP contribution in [-0.2, 0) is 0 Å². The molecule has 1 unspecified atom stereocenters. The van der Waals surface area contributed by atoms with Crippen LogP contribution in [0.4, 0.5) is 4.39 Å². The maximum absolute atomic E-state index is 13.2. The number of hydrogen-bond donors (Lipinski definition) is 1. The maximum atomic E-state index is 13.2. The molecule has 2 aromatic rings. The molecule has 0 saturated carbocycles. The lowest BCUT2D eigenvalue weighted by Gasteiger charge is -2.10. The standard InChI is InChI=1S/C14H14BrFN2O/c1-2-13(17)14-4-3-11(8-18-14)19-12-6-9(15)5-10(16)7-12/h3-8,13H,2,17H2,1H3. The number of aromatic nitrogens is 1. The van der Waals surface area contributed by atoms with Crippen molar-refractivity contribution >= 4 is 15.9 Å². The second kappa shape index (κ2) is 6.12. The van der Waals surface area contributed by atoms with Crippen molar-refractivity contribution in [3.8, 4) is 11.5 Å². The van der Waals surface area contributed by atoms with Gasteiger partial charge >= 0.3 is 0 Å². The molecule has 1 aromatic carbocycles. The van der Waals surface area contributed by atoms with E-state index in [1.54, 1.807) is 18.3 Å². The molecule has 0 amide bonds. The molecule has 0 fully saturated rings. The van der Waals surface area contributed by atoms with Gasteiger partial charge in [0.05, 0.1) is 11.9 Å². The Morgan fingerprint density at radius 2 is 2.11 bits per heavy atom. The molecular formula is C14H14BrFN2O. The van der Waals surface area contributed by atoms with Gasteiger partial charge in [-0.3, -0.25) is 4.98 Å². The summed E-state index contributed by atoms with van der Waals surface area (Å²) in [6.07, 6.45) is 2.41. The van der Waals surface area contributed by atoms with E-state index in [1.165, 1.54) is 12.1 Å². The van der Waals surface area contributed by atoms with E-state index < -0.39 is 0 Å². The minimum Gasteiger partial charge on any atom is -0.456 e. The summed E-state index contributed by atoms with van der Waals surface area (Å²) in [4.78, 5) is 4.23. The molecule has 1 heterocycles. The molecule has 2 rings (SSSR count). The highest BCUT2D eigenvalue weighted by Crippen LogP contribution is 2.26. The molecule has 3 nitrogen and oxygen atoms in total. The van der Waals surface area contributed by atoms with E-state index in [0.717, 1.165) is 12.1 Å². The zero-order valence-corrected chi connectivity index (χ0v) is 12.0. The van der Waals surface area contributed by atoms with Gasteiger partial charge in [0, 0.05) is 16.6 Å². The smallest absolute Gasteiger partial charge is 0.145 e. The number of pyridine rings is 1. The molecule has 1 aromatic heterocycles. The molecule has 2 N–H and O–H groups in total. The van der Waals surface area contributed by atoms with Gasteiger partial charge in [0.2, 0.25) is 0 Å². The Morgan fingerprint density at radius 3 is 2.68 bits per heavy atom. The highest BCUT2D eigenvalue weighted by molar-refractivity contribution is 9.10. The third-order valence-electron chi connectivity index (χ3n) is 2.65. The fourth-order valence-corrected chi connectivity index (χ4v) is 2.05. The van der Waals surface area contributed by atoms with Crippen LogP contribution in [0.25, 0.3) is 0 Å². The van der Waals surface area contributed by atoms with E-state index in [2.05, 4.69) is 20.9 Å². The first-order chi connectivity index (χ1) is 9.08. The summed E-state index contributed by atoms with van der Waals surface area (Å²) in [5.74, 6) is 0.604. The number of nitrogens with zero attached hydrogens (tertiary/aromatic N) is 1. The number of nitrogens with two attached hydrogens (primary N) is 1. The second-order valence-corrected chi connectivity index (χ2v) is 5.06. The van der Waals surface area contributed by atoms with Crippen molar-refractivity contribution in [2.75, 3.05) is 0 Å². The number of halogens is 2. The predicted molar refractivity (Wildman–Crippen MR) is 75.6 cm³/mol. The summed E-state index contributed by atoms with van der Waals surface area (Å²) in [5.41, 5.74) is 6.69. The molecule has 0 aliphatic rings. The van der Waals surface area contributed by atoms with E-state index in [1.807, 2.05) is 13.0 Å². The largest absolute Gasteiger partial charge is 0.456 e. The van der Waals surface area contributed by atoms with E-state index in [9.17, 15) is 4.39 Å². The Hall–Kier alpha value is -1.46. The average Bonchev–Trinajstić information content (AvgIpc) is 2.37. The van der Waals surface area contributed by atoms with Gasteiger partial charge < -0.3 is 10.5 Å². The normalized spacial score (nSPS) is 12.2. The third kappa shape index (κ3) is 3.75. The highest BCUT2D eigenvalue weighted by Gasteiger charge is 2.06. The first-order valence-corrected chi connectivity index (χ1v) is 6.73. The topological polar surface area (TPSA) is 48.1 Å². The van der Waals surface area contributed by atoms with Crippen molar-refractivity contribution in [2.45, 2.75) is 19.4 Å². The fraction of sp³-hybridized carbons (Fsp3) is 0.214. The van der Waals surface area contributed by atoms with Crippen LogP contribution in [0.5, 0.6) is 11.5 Å². The van der Waals surface area contributed by atoms with Crippen molar-refractivity contribution in [2.24, 2.45) is 5.73 Å². The fourth-order valence-electron chi connectivity index (χ4n) is 1.60. The number of benzene rings is 1. The number of hydrogen-bond acceptors (Lipinski definition) is 3. The zero-order chi connectivity index (χ0) is 13.8. The summed E-state index contributed by atoms with van der Waals surface area (Å²) in [7, 11) is 0. The summed E-state index contributed by atoms with van der Waals surface area (Å²) < 4.78 is 19.4. The van der Waals surface area contributed by atoms with E-state index in [0.29, 0.717) is 16.0 Å². The van der Waals surface area contributed by atoms with Crippen molar-refractivity contribution in [3.05, 3.63) is 52.5 Å². The third-order valence-corrected chi connectivity index (χ3v) is 3.11. The second-order valence-electron chi connectivity index (χ2n) is 4.14. The zero-order valence-electron chi connectivity index (χ0n) is 10.4. The molecule has 1 atom stereocenters. The lowest BCUT2D eigenvalue weighted by atomic mass is 10.1. The van der Waals surface area contributed by atoms with Crippen LogP contribution < -0.4 is 10.5 Å². The molecule has 0 bridgehead atoms. The molecule has 0 spiro atoms. The van der Waals surface area contributed by atoms with Gasteiger partial charge in [-0.1, -0.05) is 22.9 Å².